The van der Waals surface area contributed by atoms with Crippen LogP contribution in [-0.2, 0) is 16.0 Å². The highest BCUT2D eigenvalue weighted by atomic mass is 16.3. The first-order valence-corrected chi connectivity index (χ1v) is 7.23. The van der Waals surface area contributed by atoms with Gasteiger partial charge < -0.3 is 5.11 Å². The van der Waals surface area contributed by atoms with Gasteiger partial charge in [0.25, 0.3) is 0 Å². The van der Waals surface area contributed by atoms with Gasteiger partial charge in [-0.3, -0.25) is 14.5 Å². The lowest BCUT2D eigenvalue weighted by Gasteiger charge is -2.21. The number of hydrogen-bond donors (Lipinski definition) is 1. The van der Waals surface area contributed by atoms with E-state index < -0.39 is 5.41 Å². The Morgan fingerprint density at radius 1 is 1.10 bits per heavy atom. The Kier molecular flexibility index (Phi) is 3.34. The molecule has 1 saturated heterocycles. The molecule has 106 valence electrons. The van der Waals surface area contributed by atoms with Crippen molar-refractivity contribution >= 4 is 17.5 Å². The lowest BCUT2D eigenvalue weighted by Crippen LogP contribution is -2.34. The first kappa shape index (κ1) is 13.3. The van der Waals surface area contributed by atoms with Gasteiger partial charge in [-0.15, -0.1) is 0 Å². The second-order valence-electron chi connectivity index (χ2n) is 5.84. The van der Waals surface area contributed by atoms with Crippen molar-refractivity contribution in [1.29, 1.82) is 0 Å². The first-order chi connectivity index (χ1) is 9.66. The molecule has 3 rings (SSSR count). The van der Waals surface area contributed by atoms with Crippen LogP contribution in [0.4, 0.5) is 5.69 Å². The Bertz CT molecular complexity index is 529. The van der Waals surface area contributed by atoms with Gasteiger partial charge >= 0.3 is 0 Å². The zero-order chi connectivity index (χ0) is 14.2. The first-order valence-electron chi connectivity index (χ1n) is 7.23. The Labute approximate surface area is 118 Å². The molecule has 1 aliphatic carbocycles. The second kappa shape index (κ2) is 5.02. The van der Waals surface area contributed by atoms with Crippen molar-refractivity contribution in [3.63, 3.8) is 0 Å². The van der Waals surface area contributed by atoms with E-state index in [1.54, 1.807) is 12.1 Å². The van der Waals surface area contributed by atoms with Gasteiger partial charge in [-0.2, -0.15) is 0 Å². The Hall–Kier alpha value is -1.68. The summed E-state index contributed by atoms with van der Waals surface area (Å²) in [5, 5.41) is 8.91. The normalized spacial score (nSPS) is 21.1. The third-order valence-electron chi connectivity index (χ3n) is 4.55. The highest BCUT2D eigenvalue weighted by Crippen LogP contribution is 2.47. The summed E-state index contributed by atoms with van der Waals surface area (Å²) in [5.74, 6) is -0.0956. The summed E-state index contributed by atoms with van der Waals surface area (Å²) in [4.78, 5) is 26.2. The number of imide groups is 1. The van der Waals surface area contributed by atoms with E-state index in [0.29, 0.717) is 18.5 Å². The predicted octanol–water partition coefficient (Wildman–Crippen LogP) is 2.05. The molecule has 0 radical (unpaired) electrons. The van der Waals surface area contributed by atoms with Gasteiger partial charge in [0.05, 0.1) is 11.1 Å². The predicted molar refractivity (Wildman–Crippen MR) is 75.2 cm³/mol. The summed E-state index contributed by atoms with van der Waals surface area (Å²) in [6.45, 7) is 0.101. The molecule has 2 fully saturated rings. The SMILES string of the molecule is O=C1CC2(CCCC2)C(=O)N1c1ccc(CCO)cc1. The number of anilines is 1. The molecule has 1 aromatic carbocycles. The van der Waals surface area contributed by atoms with Crippen molar-refractivity contribution in [3.8, 4) is 0 Å². The number of rotatable bonds is 3. The van der Waals surface area contributed by atoms with Gasteiger partial charge in [-0.1, -0.05) is 25.0 Å². The van der Waals surface area contributed by atoms with Crippen molar-refractivity contribution in [1.82, 2.24) is 0 Å². The van der Waals surface area contributed by atoms with E-state index in [2.05, 4.69) is 0 Å². The lowest BCUT2D eigenvalue weighted by molar-refractivity contribution is -0.125. The molecule has 0 aromatic heterocycles. The molecule has 4 nitrogen and oxygen atoms in total. The molecule has 1 heterocycles. The maximum absolute atomic E-state index is 12.6. The van der Waals surface area contributed by atoms with Crippen LogP contribution in [0.3, 0.4) is 0 Å². The van der Waals surface area contributed by atoms with Gasteiger partial charge in [0.15, 0.2) is 0 Å². The molecule has 2 amide bonds. The van der Waals surface area contributed by atoms with Crippen LogP contribution >= 0.6 is 0 Å². The van der Waals surface area contributed by atoms with Crippen LogP contribution in [-0.4, -0.2) is 23.5 Å². The minimum atomic E-state index is -0.416. The minimum Gasteiger partial charge on any atom is -0.396 e. The number of amides is 2. The minimum absolute atomic E-state index is 0.0186. The van der Waals surface area contributed by atoms with E-state index in [9.17, 15) is 9.59 Å². The number of aliphatic hydroxyl groups excluding tert-OH is 1. The average Bonchev–Trinajstić information content (AvgIpc) is 2.99. The Morgan fingerprint density at radius 3 is 2.35 bits per heavy atom. The molecular formula is C16H19NO3. The number of hydrogen-bond acceptors (Lipinski definition) is 3. The maximum atomic E-state index is 12.6. The van der Waals surface area contributed by atoms with Crippen LogP contribution in [0.25, 0.3) is 0 Å². The van der Waals surface area contributed by atoms with Gasteiger partial charge in [-0.25, -0.2) is 0 Å². The lowest BCUT2D eigenvalue weighted by atomic mass is 9.84. The van der Waals surface area contributed by atoms with E-state index in [-0.39, 0.29) is 18.4 Å². The van der Waals surface area contributed by atoms with Crippen LogP contribution in [0.5, 0.6) is 0 Å². The Balaban J connectivity index is 1.86. The Morgan fingerprint density at radius 2 is 1.75 bits per heavy atom. The smallest absolute Gasteiger partial charge is 0.240 e. The molecule has 1 N–H and O–H groups in total. The molecule has 2 aliphatic rings. The van der Waals surface area contributed by atoms with Crippen LogP contribution < -0.4 is 4.90 Å². The molecule has 0 unspecified atom stereocenters. The van der Waals surface area contributed by atoms with Gasteiger partial charge in [-0.05, 0) is 37.0 Å². The quantitative estimate of drug-likeness (QED) is 0.857. The summed E-state index contributed by atoms with van der Waals surface area (Å²) in [7, 11) is 0. The maximum Gasteiger partial charge on any atom is 0.240 e. The van der Waals surface area contributed by atoms with E-state index in [4.69, 9.17) is 5.11 Å². The topological polar surface area (TPSA) is 57.6 Å². The number of carbonyl (C=O) groups is 2. The summed E-state index contributed by atoms with van der Waals surface area (Å²) < 4.78 is 0. The number of nitrogens with zero attached hydrogens (tertiary/aromatic N) is 1. The number of carbonyl (C=O) groups excluding carboxylic acids is 2. The molecule has 0 bridgehead atoms. The van der Waals surface area contributed by atoms with Crippen molar-refractivity contribution in [2.24, 2.45) is 5.41 Å². The molecule has 1 aromatic rings. The monoisotopic (exact) mass is 273 g/mol. The van der Waals surface area contributed by atoms with Gasteiger partial charge in [0.2, 0.25) is 11.8 Å². The van der Waals surface area contributed by atoms with Crippen LogP contribution in [0.1, 0.15) is 37.7 Å². The summed E-state index contributed by atoms with van der Waals surface area (Å²) in [6, 6.07) is 7.33. The standard InChI is InChI=1S/C16H19NO3/c18-10-7-12-3-5-13(6-4-12)17-14(19)11-16(15(17)20)8-1-2-9-16/h3-6,18H,1-2,7-11H2. The molecule has 0 atom stereocenters. The third kappa shape index (κ3) is 2.04. The van der Waals surface area contributed by atoms with Crippen LogP contribution in [0.15, 0.2) is 24.3 Å². The van der Waals surface area contributed by atoms with E-state index in [1.165, 1.54) is 4.90 Å². The number of aliphatic hydroxyl groups is 1. The fraction of sp³-hybridized carbons (Fsp3) is 0.500. The van der Waals surface area contributed by atoms with Crippen LogP contribution in [0.2, 0.25) is 0 Å². The molecule has 1 spiro atoms. The summed E-state index contributed by atoms with van der Waals surface area (Å²) in [6.07, 6.45) is 4.73. The fourth-order valence-corrected chi connectivity index (χ4v) is 3.44. The van der Waals surface area contributed by atoms with Crippen LogP contribution in [0, 0.1) is 5.41 Å². The summed E-state index contributed by atoms with van der Waals surface area (Å²) >= 11 is 0. The fourth-order valence-electron chi connectivity index (χ4n) is 3.44. The van der Waals surface area contributed by atoms with Crippen molar-refractivity contribution in [2.45, 2.75) is 38.5 Å². The molecule has 1 aliphatic heterocycles. The molecule has 1 saturated carbocycles. The van der Waals surface area contributed by atoms with Crippen molar-refractivity contribution < 1.29 is 14.7 Å². The van der Waals surface area contributed by atoms with E-state index in [0.717, 1.165) is 31.2 Å². The van der Waals surface area contributed by atoms with Gasteiger partial charge in [0, 0.05) is 13.0 Å². The zero-order valence-electron chi connectivity index (χ0n) is 11.5. The summed E-state index contributed by atoms with van der Waals surface area (Å²) in [5.41, 5.74) is 1.25. The highest BCUT2D eigenvalue weighted by Gasteiger charge is 2.52. The zero-order valence-corrected chi connectivity index (χ0v) is 11.5. The average molecular weight is 273 g/mol. The van der Waals surface area contributed by atoms with Crippen molar-refractivity contribution in [3.05, 3.63) is 29.8 Å². The highest BCUT2D eigenvalue weighted by molar-refractivity contribution is 6.22. The third-order valence-corrected chi connectivity index (χ3v) is 4.55. The molecular weight excluding hydrogens is 254 g/mol. The van der Waals surface area contributed by atoms with E-state index in [1.807, 2.05) is 12.1 Å². The molecule has 20 heavy (non-hydrogen) atoms. The number of benzene rings is 1. The largest absolute Gasteiger partial charge is 0.396 e. The van der Waals surface area contributed by atoms with E-state index >= 15 is 0 Å². The van der Waals surface area contributed by atoms with Gasteiger partial charge in [0.1, 0.15) is 0 Å². The second-order valence-corrected chi connectivity index (χ2v) is 5.84. The molecule has 4 heteroatoms. The van der Waals surface area contributed by atoms with Crippen molar-refractivity contribution in [2.75, 3.05) is 11.5 Å².